The van der Waals surface area contributed by atoms with Crippen LogP contribution < -0.4 is 11.1 Å². The van der Waals surface area contributed by atoms with Gasteiger partial charge >= 0.3 is 0 Å². The van der Waals surface area contributed by atoms with Crippen LogP contribution >= 0.6 is 12.4 Å². The van der Waals surface area contributed by atoms with Gasteiger partial charge in [-0.05, 0) is 25.3 Å². The molecule has 5 heteroatoms. The lowest BCUT2D eigenvalue weighted by atomic mass is 9.54. The molecule has 1 aromatic rings. The second kappa shape index (κ2) is 8.73. The van der Waals surface area contributed by atoms with Crippen molar-refractivity contribution in [3.63, 3.8) is 0 Å². The van der Waals surface area contributed by atoms with Crippen molar-refractivity contribution in [2.24, 2.45) is 11.1 Å². The zero-order valence-corrected chi connectivity index (χ0v) is 17.6. The van der Waals surface area contributed by atoms with E-state index in [1.807, 2.05) is 26.8 Å². The van der Waals surface area contributed by atoms with E-state index in [1.54, 1.807) is 0 Å². The van der Waals surface area contributed by atoms with Crippen molar-refractivity contribution in [2.75, 3.05) is 13.2 Å². The van der Waals surface area contributed by atoms with E-state index in [-0.39, 0.29) is 35.2 Å². The number of carbonyl (C=O) groups is 1. The molecule has 1 aliphatic carbocycles. The van der Waals surface area contributed by atoms with Crippen molar-refractivity contribution in [3.05, 3.63) is 35.9 Å². The highest BCUT2D eigenvalue weighted by Gasteiger charge is 2.62. The van der Waals surface area contributed by atoms with E-state index in [1.165, 1.54) is 5.56 Å². The number of halogens is 1. The summed E-state index contributed by atoms with van der Waals surface area (Å²) in [6.07, 6.45) is 2.56. The summed E-state index contributed by atoms with van der Waals surface area (Å²) in [4.78, 5) is 12.9. The van der Waals surface area contributed by atoms with Crippen LogP contribution in [-0.2, 0) is 14.9 Å². The minimum atomic E-state index is -0.864. The van der Waals surface area contributed by atoms with E-state index in [2.05, 4.69) is 43.4 Å². The molecule has 2 rings (SSSR count). The lowest BCUT2D eigenvalue weighted by molar-refractivity contribution is -0.170. The number of hydrogen-bond acceptors (Lipinski definition) is 3. The summed E-state index contributed by atoms with van der Waals surface area (Å²) in [5, 5.41) is 3.17. The molecule has 0 radical (unpaired) electrons. The van der Waals surface area contributed by atoms with Gasteiger partial charge in [-0.1, -0.05) is 58.0 Å². The Morgan fingerprint density at radius 3 is 2.27 bits per heavy atom. The van der Waals surface area contributed by atoms with E-state index < -0.39 is 5.54 Å². The normalized spacial score (nSPS) is 24.3. The van der Waals surface area contributed by atoms with Gasteiger partial charge in [0.15, 0.2) is 0 Å². The van der Waals surface area contributed by atoms with Crippen LogP contribution in [0.1, 0.15) is 59.4 Å². The van der Waals surface area contributed by atoms with Gasteiger partial charge in [-0.15, -0.1) is 12.4 Å². The monoisotopic (exact) mass is 382 g/mol. The van der Waals surface area contributed by atoms with Crippen LogP contribution in [0.4, 0.5) is 0 Å². The molecule has 148 valence electrons. The minimum absolute atomic E-state index is 0. The number of carbonyl (C=O) groups excluding carboxylic acids is 1. The highest BCUT2D eigenvalue weighted by Crippen LogP contribution is 2.50. The number of rotatable bonds is 8. The summed E-state index contributed by atoms with van der Waals surface area (Å²) in [5.74, 6) is -0.0596. The molecule has 1 saturated carbocycles. The Kier molecular flexibility index (Phi) is 7.70. The Balaban J connectivity index is 0.00000338. The SMILES string of the molecule is CCOC1CC(N)(C(=O)NCC(CC)(CC)c2ccccc2)C1(C)C.Cl. The first-order chi connectivity index (χ1) is 11.8. The van der Waals surface area contributed by atoms with E-state index in [0.29, 0.717) is 19.6 Å². The lowest BCUT2D eigenvalue weighted by Crippen LogP contribution is -2.76. The molecule has 26 heavy (non-hydrogen) atoms. The number of ether oxygens (including phenoxy) is 1. The van der Waals surface area contributed by atoms with Gasteiger partial charge < -0.3 is 15.8 Å². The third kappa shape index (κ3) is 3.78. The molecular formula is C21H35ClN2O2. The van der Waals surface area contributed by atoms with E-state index in [0.717, 1.165) is 12.8 Å². The Morgan fingerprint density at radius 2 is 1.81 bits per heavy atom. The summed E-state index contributed by atoms with van der Waals surface area (Å²) in [7, 11) is 0. The van der Waals surface area contributed by atoms with Gasteiger partial charge in [0.2, 0.25) is 5.91 Å². The fraction of sp³-hybridized carbons (Fsp3) is 0.667. The number of benzene rings is 1. The van der Waals surface area contributed by atoms with E-state index in [9.17, 15) is 4.79 Å². The van der Waals surface area contributed by atoms with Gasteiger partial charge in [0.05, 0.1) is 6.10 Å². The topological polar surface area (TPSA) is 64.3 Å². The summed E-state index contributed by atoms with van der Waals surface area (Å²) in [6.45, 7) is 11.6. The highest BCUT2D eigenvalue weighted by molar-refractivity contribution is 5.89. The average molecular weight is 383 g/mol. The Morgan fingerprint density at radius 1 is 1.23 bits per heavy atom. The fourth-order valence-electron chi connectivity index (χ4n) is 4.03. The van der Waals surface area contributed by atoms with Crippen molar-refractivity contribution >= 4 is 18.3 Å². The largest absolute Gasteiger partial charge is 0.378 e. The maximum absolute atomic E-state index is 12.9. The molecule has 2 atom stereocenters. The summed E-state index contributed by atoms with van der Waals surface area (Å²) in [6, 6.07) is 10.4. The molecule has 0 saturated heterocycles. The van der Waals surface area contributed by atoms with Gasteiger partial charge in [0.25, 0.3) is 0 Å². The van der Waals surface area contributed by atoms with Crippen LogP contribution in [0.3, 0.4) is 0 Å². The molecular weight excluding hydrogens is 348 g/mol. The quantitative estimate of drug-likeness (QED) is 0.718. The molecule has 0 aromatic heterocycles. The van der Waals surface area contributed by atoms with Crippen LogP contribution in [-0.4, -0.2) is 30.7 Å². The minimum Gasteiger partial charge on any atom is -0.378 e. The molecule has 0 heterocycles. The van der Waals surface area contributed by atoms with Gasteiger partial charge in [0.1, 0.15) is 5.54 Å². The maximum atomic E-state index is 12.9. The number of hydrogen-bond donors (Lipinski definition) is 2. The molecule has 1 fully saturated rings. The second-order valence-electron chi connectivity index (χ2n) is 7.88. The van der Waals surface area contributed by atoms with Crippen molar-refractivity contribution in [1.82, 2.24) is 5.32 Å². The third-order valence-electron chi connectivity index (χ3n) is 6.56. The first-order valence-electron chi connectivity index (χ1n) is 9.51. The standard InChI is InChI=1S/C21H34N2O2.ClH/c1-6-20(7-2,16-12-10-9-11-13-16)15-23-18(24)21(22)14-17(25-8-3)19(21,4)5;/h9-13,17H,6-8,14-15,22H2,1-5H3,(H,23,24);1H. The van der Waals surface area contributed by atoms with Crippen molar-refractivity contribution in [1.29, 1.82) is 0 Å². The van der Waals surface area contributed by atoms with E-state index >= 15 is 0 Å². The molecule has 1 aromatic carbocycles. The summed E-state index contributed by atoms with van der Waals surface area (Å²) in [5.41, 5.74) is 6.49. The smallest absolute Gasteiger partial charge is 0.240 e. The van der Waals surface area contributed by atoms with Crippen LogP contribution in [0.2, 0.25) is 0 Å². The van der Waals surface area contributed by atoms with Crippen molar-refractivity contribution in [2.45, 2.75) is 70.9 Å². The summed E-state index contributed by atoms with van der Waals surface area (Å²) < 4.78 is 5.74. The molecule has 4 nitrogen and oxygen atoms in total. The van der Waals surface area contributed by atoms with Gasteiger partial charge in [0, 0.05) is 30.4 Å². The first-order valence-corrected chi connectivity index (χ1v) is 9.51. The molecule has 3 N–H and O–H groups in total. The Hall–Kier alpha value is -1.10. The number of amides is 1. The molecule has 1 aliphatic rings. The first kappa shape index (κ1) is 22.9. The van der Waals surface area contributed by atoms with E-state index in [4.69, 9.17) is 10.5 Å². The second-order valence-corrected chi connectivity index (χ2v) is 7.88. The number of nitrogens with one attached hydrogen (secondary N) is 1. The van der Waals surface area contributed by atoms with Crippen LogP contribution in [0.15, 0.2) is 30.3 Å². The van der Waals surface area contributed by atoms with Crippen LogP contribution in [0.25, 0.3) is 0 Å². The zero-order valence-electron chi connectivity index (χ0n) is 16.8. The molecule has 2 unspecified atom stereocenters. The molecule has 0 spiro atoms. The molecule has 0 aliphatic heterocycles. The number of nitrogens with two attached hydrogens (primary N) is 1. The van der Waals surface area contributed by atoms with Gasteiger partial charge in [-0.3, -0.25) is 4.79 Å². The van der Waals surface area contributed by atoms with Crippen molar-refractivity contribution in [3.8, 4) is 0 Å². The predicted molar refractivity (Wildman–Crippen MR) is 110 cm³/mol. The summed E-state index contributed by atoms with van der Waals surface area (Å²) >= 11 is 0. The van der Waals surface area contributed by atoms with Crippen LogP contribution in [0, 0.1) is 5.41 Å². The average Bonchev–Trinajstić information content (AvgIpc) is 2.63. The van der Waals surface area contributed by atoms with Crippen molar-refractivity contribution < 1.29 is 9.53 Å². The van der Waals surface area contributed by atoms with Gasteiger partial charge in [-0.2, -0.15) is 0 Å². The van der Waals surface area contributed by atoms with Crippen LogP contribution in [0.5, 0.6) is 0 Å². The zero-order chi connectivity index (χ0) is 18.7. The highest BCUT2D eigenvalue weighted by atomic mass is 35.5. The van der Waals surface area contributed by atoms with Gasteiger partial charge in [-0.25, -0.2) is 0 Å². The maximum Gasteiger partial charge on any atom is 0.240 e. The Labute approximate surface area is 164 Å². The molecule has 1 amide bonds. The fourth-order valence-corrected chi connectivity index (χ4v) is 4.03. The Bertz CT molecular complexity index is 587. The lowest BCUT2D eigenvalue weighted by Gasteiger charge is -2.57. The molecule has 0 bridgehead atoms. The third-order valence-corrected chi connectivity index (χ3v) is 6.56. The predicted octanol–water partition coefficient (Wildman–Crippen LogP) is 3.81.